The number of thioether (sulfide) groups is 1. The van der Waals surface area contributed by atoms with Gasteiger partial charge < -0.3 is 10.6 Å². The molecule has 2 aromatic carbocycles. The Kier molecular flexibility index (Phi) is 6.42. The fraction of sp³-hybridized carbons (Fsp3) is 0.150. The molecule has 0 saturated heterocycles. The summed E-state index contributed by atoms with van der Waals surface area (Å²) >= 11 is 0.779. The fourth-order valence-corrected chi connectivity index (χ4v) is 3.78. The molecule has 1 unspecified atom stereocenters. The highest BCUT2D eigenvalue weighted by molar-refractivity contribution is 8.03. The van der Waals surface area contributed by atoms with Crippen molar-refractivity contribution < 1.29 is 27.2 Å². The summed E-state index contributed by atoms with van der Waals surface area (Å²) in [5, 5.41) is 14.2. The van der Waals surface area contributed by atoms with Crippen molar-refractivity contribution in [2.24, 2.45) is 0 Å². The van der Waals surface area contributed by atoms with Crippen molar-refractivity contribution in [3.8, 4) is 6.07 Å². The van der Waals surface area contributed by atoms with Crippen LogP contribution in [-0.2, 0) is 9.59 Å². The van der Waals surface area contributed by atoms with Crippen LogP contribution in [0.4, 0.5) is 23.2 Å². The van der Waals surface area contributed by atoms with E-state index in [0.29, 0.717) is 6.07 Å². The lowest BCUT2D eigenvalue weighted by Gasteiger charge is -2.25. The SMILES string of the molecule is N#CC1=C(SCC(=O)Nc2ccc(F)c(F)c2F)NC(=O)CC1c1ccccc1F. The van der Waals surface area contributed by atoms with E-state index in [0.717, 1.165) is 17.8 Å². The van der Waals surface area contributed by atoms with E-state index in [4.69, 9.17) is 0 Å². The second-order valence-electron chi connectivity index (χ2n) is 6.24. The van der Waals surface area contributed by atoms with Crippen LogP contribution in [0.2, 0.25) is 0 Å². The summed E-state index contributed by atoms with van der Waals surface area (Å²) in [6.07, 6.45) is -0.139. The number of hydrogen-bond acceptors (Lipinski definition) is 4. The molecular weight excluding hydrogens is 422 g/mol. The molecule has 0 radical (unpaired) electrons. The van der Waals surface area contributed by atoms with E-state index < -0.39 is 46.7 Å². The normalized spacial score (nSPS) is 16.1. The molecule has 5 nitrogen and oxygen atoms in total. The number of nitriles is 1. The average molecular weight is 435 g/mol. The van der Waals surface area contributed by atoms with E-state index in [-0.39, 0.29) is 28.3 Å². The van der Waals surface area contributed by atoms with Crippen molar-refractivity contribution in [2.45, 2.75) is 12.3 Å². The Hall–Kier alpha value is -3.32. The second kappa shape index (κ2) is 9.00. The Bertz CT molecular complexity index is 1100. The van der Waals surface area contributed by atoms with E-state index in [1.54, 1.807) is 6.07 Å². The lowest BCUT2D eigenvalue weighted by molar-refractivity contribution is -0.121. The summed E-state index contributed by atoms with van der Waals surface area (Å²) in [5.41, 5.74) is -0.294. The molecule has 2 amide bonds. The maximum atomic E-state index is 14.2. The monoisotopic (exact) mass is 435 g/mol. The Morgan fingerprint density at radius 2 is 1.87 bits per heavy atom. The van der Waals surface area contributed by atoms with Crippen molar-refractivity contribution >= 4 is 29.3 Å². The number of nitrogens with one attached hydrogen (secondary N) is 2. The minimum Gasteiger partial charge on any atom is -0.323 e. The van der Waals surface area contributed by atoms with Gasteiger partial charge in [0.05, 0.1) is 28.1 Å². The quantitative estimate of drug-likeness (QED) is 0.550. The second-order valence-corrected chi connectivity index (χ2v) is 7.23. The zero-order chi connectivity index (χ0) is 21.8. The first-order valence-electron chi connectivity index (χ1n) is 8.56. The van der Waals surface area contributed by atoms with E-state index in [2.05, 4.69) is 10.6 Å². The molecule has 1 heterocycles. The van der Waals surface area contributed by atoms with Crippen LogP contribution in [0.3, 0.4) is 0 Å². The van der Waals surface area contributed by atoms with Gasteiger partial charge in [0.2, 0.25) is 11.8 Å². The molecule has 1 aliphatic rings. The molecule has 10 heteroatoms. The molecule has 0 aliphatic carbocycles. The molecule has 154 valence electrons. The molecule has 0 fully saturated rings. The van der Waals surface area contributed by atoms with Crippen molar-refractivity contribution in [3.63, 3.8) is 0 Å². The van der Waals surface area contributed by atoms with E-state index in [1.165, 1.54) is 18.2 Å². The summed E-state index contributed by atoms with van der Waals surface area (Å²) in [6.45, 7) is 0. The number of halogens is 4. The summed E-state index contributed by atoms with van der Waals surface area (Å²) in [4.78, 5) is 24.2. The highest BCUT2D eigenvalue weighted by Gasteiger charge is 2.31. The largest absolute Gasteiger partial charge is 0.323 e. The Labute approximate surface area is 172 Å². The van der Waals surface area contributed by atoms with Gasteiger partial charge in [-0.15, -0.1) is 0 Å². The van der Waals surface area contributed by atoms with Crippen LogP contribution < -0.4 is 10.6 Å². The van der Waals surface area contributed by atoms with Gasteiger partial charge in [-0.05, 0) is 23.8 Å². The minimum absolute atomic E-state index is 0.0721. The predicted octanol–water partition coefficient (Wildman–Crippen LogP) is 3.95. The number of rotatable bonds is 5. The standard InChI is InChI=1S/C20H13F4N3O2S/c21-13-4-2-1-3-10(13)11-7-16(28)27-20(12(11)8-25)30-9-17(29)26-15-6-5-14(22)18(23)19(15)24/h1-6,11H,7,9H2,(H,26,29)(H,27,28). The van der Waals surface area contributed by atoms with Gasteiger partial charge in [-0.25, -0.2) is 17.6 Å². The van der Waals surface area contributed by atoms with Crippen LogP contribution in [0.15, 0.2) is 47.0 Å². The number of carbonyl (C=O) groups excluding carboxylic acids is 2. The first-order chi connectivity index (χ1) is 14.3. The molecule has 0 spiro atoms. The highest BCUT2D eigenvalue weighted by Crippen LogP contribution is 2.36. The summed E-state index contributed by atoms with van der Waals surface area (Å²) in [7, 11) is 0. The molecule has 1 atom stereocenters. The van der Waals surface area contributed by atoms with Gasteiger partial charge in [0, 0.05) is 12.3 Å². The zero-order valence-electron chi connectivity index (χ0n) is 15.1. The van der Waals surface area contributed by atoms with Crippen molar-refractivity contribution in [1.82, 2.24) is 5.32 Å². The third kappa shape index (κ3) is 4.46. The lowest BCUT2D eigenvalue weighted by Crippen LogP contribution is -2.31. The molecular formula is C20H13F4N3O2S. The number of hydrogen-bond donors (Lipinski definition) is 2. The number of amides is 2. The van der Waals surface area contributed by atoms with Gasteiger partial charge in [0.15, 0.2) is 17.5 Å². The van der Waals surface area contributed by atoms with Gasteiger partial charge in [0.25, 0.3) is 0 Å². The smallest absolute Gasteiger partial charge is 0.234 e. The fourth-order valence-electron chi connectivity index (χ4n) is 2.90. The van der Waals surface area contributed by atoms with Gasteiger partial charge in [-0.1, -0.05) is 30.0 Å². The highest BCUT2D eigenvalue weighted by atomic mass is 32.2. The molecule has 0 saturated carbocycles. The Morgan fingerprint density at radius 1 is 1.13 bits per heavy atom. The topological polar surface area (TPSA) is 82.0 Å². The van der Waals surface area contributed by atoms with Crippen LogP contribution in [-0.4, -0.2) is 17.6 Å². The maximum absolute atomic E-state index is 14.2. The third-order valence-electron chi connectivity index (χ3n) is 4.29. The van der Waals surface area contributed by atoms with Crippen LogP contribution in [0.25, 0.3) is 0 Å². The van der Waals surface area contributed by atoms with Gasteiger partial charge in [-0.2, -0.15) is 5.26 Å². The molecule has 2 aromatic rings. The third-order valence-corrected chi connectivity index (χ3v) is 5.31. The summed E-state index contributed by atoms with van der Waals surface area (Å²) < 4.78 is 54.1. The van der Waals surface area contributed by atoms with Gasteiger partial charge in [0.1, 0.15) is 5.82 Å². The van der Waals surface area contributed by atoms with E-state index in [1.807, 2.05) is 6.07 Å². The molecule has 2 N–H and O–H groups in total. The lowest BCUT2D eigenvalue weighted by atomic mass is 9.87. The van der Waals surface area contributed by atoms with Gasteiger partial charge >= 0.3 is 0 Å². The maximum Gasteiger partial charge on any atom is 0.234 e. The zero-order valence-corrected chi connectivity index (χ0v) is 16.0. The van der Waals surface area contributed by atoms with Gasteiger partial charge in [-0.3, -0.25) is 9.59 Å². The van der Waals surface area contributed by atoms with Crippen molar-refractivity contribution in [1.29, 1.82) is 5.26 Å². The van der Waals surface area contributed by atoms with E-state index in [9.17, 15) is 32.4 Å². The van der Waals surface area contributed by atoms with Crippen molar-refractivity contribution in [2.75, 3.05) is 11.1 Å². The summed E-state index contributed by atoms with van der Waals surface area (Å²) in [6, 6.07) is 9.22. The summed E-state index contributed by atoms with van der Waals surface area (Å²) in [5.74, 6) is -7.66. The number of nitrogens with zero attached hydrogens (tertiary/aromatic N) is 1. The molecule has 3 rings (SSSR count). The van der Waals surface area contributed by atoms with Crippen LogP contribution >= 0.6 is 11.8 Å². The number of anilines is 1. The minimum atomic E-state index is -1.72. The van der Waals surface area contributed by atoms with Crippen LogP contribution in [0, 0.1) is 34.6 Å². The average Bonchev–Trinajstić information content (AvgIpc) is 2.72. The Balaban J connectivity index is 1.78. The molecule has 1 aliphatic heterocycles. The van der Waals surface area contributed by atoms with Crippen LogP contribution in [0.1, 0.15) is 17.9 Å². The number of allylic oxidation sites excluding steroid dienone is 1. The van der Waals surface area contributed by atoms with Crippen LogP contribution in [0.5, 0.6) is 0 Å². The molecule has 30 heavy (non-hydrogen) atoms. The number of benzene rings is 2. The molecule has 0 bridgehead atoms. The first kappa shape index (κ1) is 21.4. The first-order valence-corrected chi connectivity index (χ1v) is 9.55. The van der Waals surface area contributed by atoms with E-state index >= 15 is 0 Å². The predicted molar refractivity (Wildman–Crippen MR) is 102 cm³/mol. The Morgan fingerprint density at radius 3 is 2.57 bits per heavy atom. The van der Waals surface area contributed by atoms with Crippen molar-refractivity contribution in [3.05, 3.63) is 75.8 Å². The molecule has 0 aromatic heterocycles. The number of carbonyl (C=O) groups is 2.